The molecule has 8 nitrogen and oxygen atoms in total. The summed E-state index contributed by atoms with van der Waals surface area (Å²) < 4.78 is 19.9. The molecule has 1 spiro atoms. The van der Waals surface area contributed by atoms with E-state index in [1.807, 2.05) is 0 Å². The van der Waals surface area contributed by atoms with E-state index in [-0.39, 0.29) is 6.61 Å². The largest absolute Gasteiger partial charge is 0.394 e. The molecule has 0 amide bonds. The van der Waals surface area contributed by atoms with Gasteiger partial charge in [0.15, 0.2) is 17.6 Å². The van der Waals surface area contributed by atoms with Crippen molar-refractivity contribution in [2.24, 2.45) is 0 Å². The van der Waals surface area contributed by atoms with E-state index in [9.17, 15) is 14.7 Å². The number of nitrogens with zero attached hydrogens (tertiary/aromatic N) is 1. The fourth-order valence-corrected chi connectivity index (χ4v) is 4.29. The number of aromatic amines is 1. The molecule has 3 aliphatic rings. The predicted octanol–water partition coefficient (Wildman–Crippen LogP) is 0.427. The van der Waals surface area contributed by atoms with Crippen molar-refractivity contribution in [3.8, 4) is 0 Å². The number of rotatable bonds is 3. The predicted molar refractivity (Wildman–Crippen MR) is 87.0 cm³/mol. The molecule has 4 rings (SSSR count). The van der Waals surface area contributed by atoms with Crippen molar-refractivity contribution in [3.05, 3.63) is 45.3 Å². The molecule has 1 aliphatic carbocycles. The van der Waals surface area contributed by atoms with Crippen LogP contribution in [0.5, 0.6) is 0 Å². The molecule has 1 aromatic rings. The van der Waals surface area contributed by atoms with E-state index < -0.39 is 41.1 Å². The van der Waals surface area contributed by atoms with Crippen LogP contribution in [-0.2, 0) is 14.2 Å². The molecule has 25 heavy (non-hydrogen) atoms. The molecule has 2 saturated heterocycles. The molecule has 8 heteroatoms. The molecule has 0 aromatic carbocycles. The van der Waals surface area contributed by atoms with E-state index in [1.165, 1.54) is 16.8 Å². The highest BCUT2D eigenvalue weighted by molar-refractivity contribution is 5.25. The summed E-state index contributed by atoms with van der Waals surface area (Å²) in [7, 11) is 0. The van der Waals surface area contributed by atoms with Gasteiger partial charge in [0.25, 0.3) is 5.56 Å². The van der Waals surface area contributed by atoms with Gasteiger partial charge < -0.3 is 19.3 Å². The van der Waals surface area contributed by atoms with E-state index in [2.05, 4.69) is 11.6 Å². The van der Waals surface area contributed by atoms with Gasteiger partial charge in [0.2, 0.25) is 0 Å². The number of nitrogens with one attached hydrogen (secondary N) is 1. The van der Waals surface area contributed by atoms with Gasteiger partial charge in [-0.15, -0.1) is 0 Å². The van der Waals surface area contributed by atoms with Gasteiger partial charge in [-0.3, -0.25) is 14.3 Å². The number of fused-ring (bicyclic) bond motifs is 1. The van der Waals surface area contributed by atoms with Crippen molar-refractivity contribution in [3.63, 3.8) is 0 Å². The van der Waals surface area contributed by atoms with Crippen molar-refractivity contribution in [2.45, 2.75) is 62.4 Å². The number of aliphatic hydroxyl groups excluding tert-OH is 1. The van der Waals surface area contributed by atoms with Crippen LogP contribution in [0.15, 0.2) is 34.0 Å². The number of hydrogen-bond donors (Lipinski definition) is 2. The van der Waals surface area contributed by atoms with E-state index in [4.69, 9.17) is 14.2 Å². The Morgan fingerprint density at radius 1 is 1.44 bits per heavy atom. The Balaban J connectivity index is 1.85. The van der Waals surface area contributed by atoms with Crippen LogP contribution in [0.3, 0.4) is 0 Å². The highest BCUT2D eigenvalue weighted by atomic mass is 16.8. The van der Waals surface area contributed by atoms with Gasteiger partial charge in [0, 0.05) is 25.1 Å². The number of aromatic nitrogens is 2. The fourth-order valence-electron chi connectivity index (χ4n) is 4.29. The van der Waals surface area contributed by atoms with E-state index >= 15 is 0 Å². The van der Waals surface area contributed by atoms with E-state index in [1.54, 1.807) is 6.92 Å². The lowest BCUT2D eigenvalue weighted by atomic mass is 9.87. The zero-order chi connectivity index (χ0) is 17.8. The number of ether oxygens (including phenoxy) is 3. The monoisotopic (exact) mass is 350 g/mol. The molecule has 1 saturated carbocycles. The fraction of sp³-hybridized carbons (Fsp3) is 0.647. The lowest BCUT2D eigenvalue weighted by Crippen LogP contribution is -2.48. The first-order valence-electron chi connectivity index (χ1n) is 8.54. The minimum Gasteiger partial charge on any atom is -0.394 e. The van der Waals surface area contributed by atoms with Gasteiger partial charge >= 0.3 is 5.69 Å². The highest BCUT2D eigenvalue weighted by Crippen LogP contribution is 2.57. The van der Waals surface area contributed by atoms with Crippen LogP contribution in [0.25, 0.3) is 0 Å². The first kappa shape index (κ1) is 16.7. The summed E-state index contributed by atoms with van der Waals surface area (Å²) in [6.07, 6.45) is 2.76. The average molecular weight is 350 g/mol. The van der Waals surface area contributed by atoms with Gasteiger partial charge in [-0.05, 0) is 25.3 Å². The van der Waals surface area contributed by atoms with Gasteiger partial charge in [-0.25, -0.2) is 4.79 Å². The zero-order valence-electron chi connectivity index (χ0n) is 14.1. The Bertz CT molecular complexity index is 808. The summed E-state index contributed by atoms with van der Waals surface area (Å²) in [4.78, 5) is 26.0. The Morgan fingerprint density at radius 2 is 2.16 bits per heavy atom. The first-order chi connectivity index (χ1) is 11.9. The highest BCUT2D eigenvalue weighted by Gasteiger charge is 2.69. The Morgan fingerprint density at radius 3 is 2.76 bits per heavy atom. The lowest BCUT2D eigenvalue weighted by molar-refractivity contribution is -0.229. The van der Waals surface area contributed by atoms with Crippen LogP contribution in [0.1, 0.15) is 38.8 Å². The maximum atomic E-state index is 12.3. The Labute approximate surface area is 144 Å². The summed E-state index contributed by atoms with van der Waals surface area (Å²) in [5, 5.41) is 9.78. The van der Waals surface area contributed by atoms with Crippen molar-refractivity contribution < 1.29 is 19.3 Å². The third-order valence-electron chi connectivity index (χ3n) is 5.44. The molecule has 0 radical (unpaired) electrons. The van der Waals surface area contributed by atoms with Gasteiger partial charge in [0.1, 0.15) is 12.2 Å². The number of H-pyrrole nitrogens is 1. The molecular formula is C17H22N2O6. The second-order valence-corrected chi connectivity index (χ2v) is 7.06. The molecule has 136 valence electrons. The van der Waals surface area contributed by atoms with Crippen molar-refractivity contribution in [1.82, 2.24) is 9.55 Å². The van der Waals surface area contributed by atoms with Crippen LogP contribution < -0.4 is 11.2 Å². The smallest absolute Gasteiger partial charge is 0.330 e. The molecule has 3 fully saturated rings. The maximum absolute atomic E-state index is 12.3. The molecule has 2 aliphatic heterocycles. The van der Waals surface area contributed by atoms with Gasteiger partial charge in [0.05, 0.1) is 6.61 Å². The van der Waals surface area contributed by atoms with E-state index in [0.29, 0.717) is 5.57 Å². The molecule has 0 bridgehead atoms. The minimum absolute atomic E-state index is 0.270. The standard InChI is InChI=1S/C17H22N2O6/c1-10(2)17-13(24-16(25-17)6-3-4-7-16)11(9-20)23-14(17)19-8-5-12(21)18-15(19)22/h5,8,11,13-14,20H,1,3-4,6-7,9H2,2H3,(H,18,21,22)/t11-,13-,14-,17-/m1/s1. The molecule has 1 aromatic heterocycles. The van der Waals surface area contributed by atoms with E-state index in [0.717, 1.165) is 25.7 Å². The van der Waals surface area contributed by atoms with Gasteiger partial charge in [-0.2, -0.15) is 0 Å². The quantitative estimate of drug-likeness (QED) is 0.766. The number of aliphatic hydroxyl groups is 1. The molecule has 4 atom stereocenters. The molecular weight excluding hydrogens is 328 g/mol. The normalized spacial score (nSPS) is 36.0. The maximum Gasteiger partial charge on any atom is 0.330 e. The summed E-state index contributed by atoms with van der Waals surface area (Å²) in [5.74, 6) is -0.731. The summed E-state index contributed by atoms with van der Waals surface area (Å²) in [5.41, 5.74) is -1.54. The Kier molecular flexibility index (Phi) is 3.77. The average Bonchev–Trinajstić information content (AvgIpc) is 3.22. The zero-order valence-corrected chi connectivity index (χ0v) is 14.1. The first-order valence-corrected chi connectivity index (χ1v) is 8.54. The molecule has 0 unspecified atom stereocenters. The minimum atomic E-state index is -1.10. The molecule has 2 N–H and O–H groups in total. The lowest BCUT2D eigenvalue weighted by Gasteiger charge is -2.35. The second-order valence-electron chi connectivity index (χ2n) is 7.06. The topological polar surface area (TPSA) is 103 Å². The SMILES string of the molecule is C=C(C)[C@@]12OC3(CCCC3)O[C@@H]1[C@@H](CO)O[C@H]2n1ccc(=O)[nH]c1=O. The summed E-state index contributed by atoms with van der Waals surface area (Å²) in [6.45, 7) is 5.60. The Hall–Kier alpha value is -1.74. The van der Waals surface area contributed by atoms with Crippen molar-refractivity contribution in [2.75, 3.05) is 6.61 Å². The third kappa shape index (κ3) is 2.28. The van der Waals surface area contributed by atoms with Crippen LogP contribution in [0.4, 0.5) is 0 Å². The number of hydrogen-bond acceptors (Lipinski definition) is 6. The molecule has 3 heterocycles. The summed E-state index contributed by atoms with van der Waals surface area (Å²) >= 11 is 0. The second kappa shape index (κ2) is 5.63. The van der Waals surface area contributed by atoms with Gasteiger partial charge in [-0.1, -0.05) is 6.58 Å². The van der Waals surface area contributed by atoms with Crippen LogP contribution in [-0.4, -0.2) is 44.9 Å². The summed E-state index contributed by atoms with van der Waals surface area (Å²) in [6, 6.07) is 1.25. The van der Waals surface area contributed by atoms with Crippen LogP contribution >= 0.6 is 0 Å². The van der Waals surface area contributed by atoms with Crippen LogP contribution in [0, 0.1) is 0 Å². The van der Waals surface area contributed by atoms with Crippen LogP contribution in [0.2, 0.25) is 0 Å². The van der Waals surface area contributed by atoms with Crippen molar-refractivity contribution in [1.29, 1.82) is 0 Å². The van der Waals surface area contributed by atoms with Crippen molar-refractivity contribution >= 4 is 0 Å². The third-order valence-corrected chi connectivity index (χ3v) is 5.44.